The molecule has 0 atom stereocenters. The second-order valence-corrected chi connectivity index (χ2v) is 3.00. The van der Waals surface area contributed by atoms with Gasteiger partial charge < -0.3 is 16.9 Å². The minimum Gasteiger partial charge on any atom is -0.366 e. The molecule has 5 N–H and O–H groups in total. The summed E-state index contributed by atoms with van der Waals surface area (Å²) >= 11 is 0. The third-order valence-electron chi connectivity index (χ3n) is 1.92. The number of anilines is 1. The van der Waals surface area contributed by atoms with Gasteiger partial charge in [-0.2, -0.15) is 0 Å². The maximum absolute atomic E-state index is 5.54. The Morgan fingerprint density at radius 3 is 2.75 bits per heavy atom. The first-order chi connectivity index (χ1) is 5.77. The lowest BCUT2D eigenvalue weighted by molar-refractivity contribution is 0.642. The van der Waals surface area contributed by atoms with Gasteiger partial charge >= 0.3 is 0 Å². The van der Waals surface area contributed by atoms with Gasteiger partial charge in [0.05, 0.1) is 6.54 Å². The van der Waals surface area contributed by atoms with Crippen LogP contribution in [-0.4, -0.2) is 20.9 Å². The molecule has 0 bridgehead atoms. The van der Waals surface area contributed by atoms with Crippen LogP contribution in [0.5, 0.6) is 0 Å². The van der Waals surface area contributed by atoms with Crippen LogP contribution in [0.1, 0.15) is 18.7 Å². The predicted octanol–water partition coefficient (Wildman–Crippen LogP) is -1.17. The molecule has 6 heteroatoms. The molecular weight excluding hydrogens is 156 g/mol. The molecule has 0 radical (unpaired) electrons. The molecule has 12 heavy (non-hydrogen) atoms. The van der Waals surface area contributed by atoms with Crippen LogP contribution < -0.4 is 16.9 Å². The van der Waals surface area contributed by atoms with E-state index >= 15 is 0 Å². The van der Waals surface area contributed by atoms with Gasteiger partial charge in [0.15, 0.2) is 5.82 Å². The van der Waals surface area contributed by atoms with Crippen molar-refractivity contribution in [3.63, 3.8) is 0 Å². The van der Waals surface area contributed by atoms with Crippen LogP contribution in [-0.2, 0) is 6.54 Å². The fourth-order valence-electron chi connectivity index (χ4n) is 0.981. The Hall–Kier alpha value is -1.30. The van der Waals surface area contributed by atoms with Crippen molar-refractivity contribution in [1.29, 1.82) is 0 Å². The summed E-state index contributed by atoms with van der Waals surface area (Å²) in [4.78, 5) is 0. The van der Waals surface area contributed by atoms with Crippen LogP contribution in [0.4, 0.5) is 5.95 Å². The first kappa shape index (κ1) is 7.35. The molecule has 1 fully saturated rings. The molecule has 6 nitrogen and oxygen atoms in total. The molecule has 1 aromatic rings. The number of hydrogen-bond acceptors (Lipinski definition) is 5. The third kappa shape index (κ3) is 1.33. The molecule has 0 aromatic carbocycles. The van der Waals surface area contributed by atoms with Gasteiger partial charge in [0.2, 0.25) is 5.95 Å². The summed E-state index contributed by atoms with van der Waals surface area (Å²) in [6, 6.07) is 0.642. The first-order valence-electron chi connectivity index (χ1n) is 3.95. The number of nitrogens with one attached hydrogen (secondary N) is 1. The highest BCUT2D eigenvalue weighted by molar-refractivity contribution is 5.16. The molecule has 0 amide bonds. The summed E-state index contributed by atoms with van der Waals surface area (Å²) in [6.45, 7) is 0.644. The van der Waals surface area contributed by atoms with Crippen molar-refractivity contribution in [3.8, 4) is 0 Å². The Morgan fingerprint density at radius 1 is 1.50 bits per heavy atom. The average Bonchev–Trinajstić information content (AvgIpc) is 2.82. The minimum atomic E-state index is 0.252. The molecule has 1 aliphatic rings. The van der Waals surface area contributed by atoms with Crippen LogP contribution in [0.2, 0.25) is 0 Å². The van der Waals surface area contributed by atoms with E-state index in [1.807, 2.05) is 0 Å². The summed E-state index contributed by atoms with van der Waals surface area (Å²) < 4.78 is 1.30. The first-order valence-corrected chi connectivity index (χ1v) is 3.95. The van der Waals surface area contributed by atoms with E-state index in [0.717, 1.165) is 0 Å². The fourth-order valence-corrected chi connectivity index (χ4v) is 0.981. The second-order valence-electron chi connectivity index (χ2n) is 3.00. The molecular formula is C6H12N6. The lowest BCUT2D eigenvalue weighted by atomic mass is 10.5. The van der Waals surface area contributed by atoms with Crippen LogP contribution in [0.25, 0.3) is 0 Å². The molecule has 1 saturated carbocycles. The van der Waals surface area contributed by atoms with Gasteiger partial charge in [-0.25, -0.2) is 4.68 Å². The topological polar surface area (TPSA) is 94.8 Å². The minimum absolute atomic E-state index is 0.252. The number of nitrogens with zero attached hydrogens (tertiary/aromatic N) is 3. The van der Waals surface area contributed by atoms with Crippen LogP contribution in [0.3, 0.4) is 0 Å². The summed E-state index contributed by atoms with van der Waals surface area (Å²) in [5.41, 5.74) is 5.40. The van der Waals surface area contributed by atoms with E-state index in [2.05, 4.69) is 15.5 Å². The van der Waals surface area contributed by atoms with Crippen molar-refractivity contribution in [1.82, 2.24) is 20.2 Å². The fraction of sp³-hybridized carbons (Fsp3) is 0.667. The van der Waals surface area contributed by atoms with Gasteiger partial charge in [0, 0.05) is 6.04 Å². The Morgan fingerprint density at radius 2 is 2.25 bits per heavy atom. The van der Waals surface area contributed by atoms with Crippen molar-refractivity contribution in [2.45, 2.75) is 25.4 Å². The van der Waals surface area contributed by atoms with E-state index in [4.69, 9.17) is 11.6 Å². The predicted molar refractivity (Wildman–Crippen MR) is 44.4 cm³/mol. The van der Waals surface area contributed by atoms with Gasteiger partial charge in [-0.1, -0.05) is 0 Å². The van der Waals surface area contributed by atoms with Crippen LogP contribution in [0.15, 0.2) is 0 Å². The molecule has 0 spiro atoms. The van der Waals surface area contributed by atoms with Crippen molar-refractivity contribution in [2.24, 2.45) is 0 Å². The Labute approximate surface area is 69.9 Å². The summed E-state index contributed by atoms with van der Waals surface area (Å²) in [5, 5.41) is 10.7. The monoisotopic (exact) mass is 168 g/mol. The molecule has 1 heterocycles. The van der Waals surface area contributed by atoms with Crippen molar-refractivity contribution >= 4 is 5.95 Å². The largest absolute Gasteiger partial charge is 0.366 e. The van der Waals surface area contributed by atoms with Crippen LogP contribution >= 0.6 is 0 Å². The normalized spacial score (nSPS) is 16.7. The smallest absolute Gasteiger partial charge is 0.240 e. The maximum atomic E-state index is 5.54. The van der Waals surface area contributed by atoms with Crippen molar-refractivity contribution in [2.75, 3.05) is 11.6 Å². The number of nitrogens with two attached hydrogens (primary N) is 2. The van der Waals surface area contributed by atoms with E-state index < -0.39 is 0 Å². The lowest BCUT2D eigenvalue weighted by Crippen LogP contribution is -2.22. The zero-order chi connectivity index (χ0) is 8.55. The Balaban J connectivity index is 1.96. The molecule has 1 aromatic heterocycles. The highest BCUT2D eigenvalue weighted by atomic mass is 15.4. The quantitative estimate of drug-likeness (QED) is 0.494. The maximum Gasteiger partial charge on any atom is 0.240 e. The van der Waals surface area contributed by atoms with Gasteiger partial charge in [0.1, 0.15) is 0 Å². The van der Waals surface area contributed by atoms with E-state index in [1.54, 1.807) is 0 Å². The molecule has 0 aliphatic heterocycles. The Bertz CT molecular complexity index is 276. The highest BCUT2D eigenvalue weighted by Crippen LogP contribution is 2.18. The average molecular weight is 168 g/mol. The number of nitrogen functional groups attached to an aromatic ring is 2. The van der Waals surface area contributed by atoms with Gasteiger partial charge in [-0.15, -0.1) is 10.2 Å². The number of rotatable bonds is 3. The van der Waals surface area contributed by atoms with Crippen LogP contribution in [0, 0.1) is 0 Å². The van der Waals surface area contributed by atoms with E-state index in [9.17, 15) is 0 Å². The van der Waals surface area contributed by atoms with Gasteiger partial charge in [0.25, 0.3) is 0 Å². The highest BCUT2D eigenvalue weighted by Gasteiger charge is 2.21. The second kappa shape index (κ2) is 2.63. The van der Waals surface area contributed by atoms with Gasteiger partial charge in [-0.3, -0.25) is 0 Å². The zero-order valence-corrected chi connectivity index (χ0v) is 6.70. The SMILES string of the molecule is Nc1nnc(CNC2CC2)n1N. The lowest BCUT2D eigenvalue weighted by Gasteiger charge is -2.01. The number of aromatic nitrogens is 3. The van der Waals surface area contributed by atoms with E-state index in [-0.39, 0.29) is 5.95 Å². The third-order valence-corrected chi connectivity index (χ3v) is 1.92. The molecule has 0 unspecified atom stereocenters. The number of hydrogen-bond donors (Lipinski definition) is 3. The molecule has 66 valence electrons. The van der Waals surface area contributed by atoms with E-state index in [0.29, 0.717) is 18.4 Å². The summed E-state index contributed by atoms with van der Waals surface area (Å²) in [7, 11) is 0. The molecule has 0 saturated heterocycles. The summed E-state index contributed by atoms with van der Waals surface area (Å²) in [5.74, 6) is 6.47. The Kier molecular flexibility index (Phi) is 1.61. The molecule has 2 rings (SSSR count). The van der Waals surface area contributed by atoms with Gasteiger partial charge in [-0.05, 0) is 12.8 Å². The van der Waals surface area contributed by atoms with Crippen molar-refractivity contribution < 1.29 is 0 Å². The van der Waals surface area contributed by atoms with E-state index in [1.165, 1.54) is 17.5 Å². The zero-order valence-electron chi connectivity index (χ0n) is 6.70. The standard InChI is InChI=1S/C6H12N6/c7-6-11-10-5(12(6)8)3-9-4-1-2-4/h4,9H,1-3,8H2,(H2,7,11). The van der Waals surface area contributed by atoms with Crippen molar-refractivity contribution in [3.05, 3.63) is 5.82 Å². The summed E-state index contributed by atoms with van der Waals surface area (Å²) in [6.07, 6.45) is 2.49. The molecule has 1 aliphatic carbocycles.